The Balaban J connectivity index is 2.23. The molecule has 0 amide bonds. The van der Waals surface area contributed by atoms with Crippen LogP contribution in [0.5, 0.6) is 0 Å². The van der Waals surface area contributed by atoms with Crippen molar-refractivity contribution in [3.63, 3.8) is 0 Å². The van der Waals surface area contributed by atoms with Crippen LogP contribution in [0.1, 0.15) is 24.1 Å². The number of aliphatic imine (C=N–C) groups is 1. The van der Waals surface area contributed by atoms with E-state index < -0.39 is 0 Å². The summed E-state index contributed by atoms with van der Waals surface area (Å²) in [6.45, 7) is 2.04. The smallest absolute Gasteiger partial charge is 0.126 e. The predicted octanol–water partition coefficient (Wildman–Crippen LogP) is 3.92. The first kappa shape index (κ1) is 12.8. The fourth-order valence-electron chi connectivity index (χ4n) is 1.73. The minimum atomic E-state index is 0.0442. The molecule has 0 aromatic heterocycles. The summed E-state index contributed by atoms with van der Waals surface area (Å²) in [6, 6.07) is 18.0. The van der Waals surface area contributed by atoms with Crippen molar-refractivity contribution in [3.8, 4) is 0 Å². The van der Waals surface area contributed by atoms with Crippen LogP contribution in [0.2, 0.25) is 0 Å². The molecule has 0 heterocycles. The van der Waals surface area contributed by atoms with Crippen LogP contribution in [-0.2, 0) is 0 Å². The highest BCUT2D eigenvalue weighted by Crippen LogP contribution is 2.21. The largest absolute Gasteiger partial charge is 0.383 e. The van der Waals surface area contributed by atoms with E-state index in [-0.39, 0.29) is 6.04 Å². The Labute approximate surface area is 116 Å². The van der Waals surface area contributed by atoms with Gasteiger partial charge in [0.1, 0.15) is 5.84 Å². The van der Waals surface area contributed by atoms with Crippen LogP contribution in [0, 0.1) is 0 Å². The number of benzene rings is 2. The predicted molar refractivity (Wildman–Crippen MR) is 79.7 cm³/mol. The normalized spacial score (nSPS) is 13.3. The fourth-order valence-corrected chi connectivity index (χ4v) is 2.15. The molecular weight excluding hydrogens is 288 g/mol. The van der Waals surface area contributed by atoms with Crippen molar-refractivity contribution >= 4 is 21.8 Å². The number of nitrogens with zero attached hydrogens (tertiary/aromatic N) is 1. The molecule has 0 saturated carbocycles. The van der Waals surface area contributed by atoms with Gasteiger partial charge in [0.25, 0.3) is 0 Å². The van der Waals surface area contributed by atoms with Crippen molar-refractivity contribution < 1.29 is 0 Å². The van der Waals surface area contributed by atoms with Gasteiger partial charge in [-0.3, -0.25) is 4.99 Å². The average Bonchev–Trinajstić information content (AvgIpc) is 2.39. The highest BCUT2D eigenvalue weighted by atomic mass is 79.9. The Morgan fingerprint density at radius 2 is 1.83 bits per heavy atom. The van der Waals surface area contributed by atoms with Crippen LogP contribution < -0.4 is 5.73 Å². The SMILES string of the molecule is CC(N=C(N)c1ccccc1)c1cccc(Br)c1. The maximum atomic E-state index is 6.01. The van der Waals surface area contributed by atoms with Crippen molar-refractivity contribution in [2.45, 2.75) is 13.0 Å². The quantitative estimate of drug-likeness (QED) is 0.677. The summed E-state index contributed by atoms with van der Waals surface area (Å²) < 4.78 is 1.06. The summed E-state index contributed by atoms with van der Waals surface area (Å²) in [5.41, 5.74) is 8.11. The second-order valence-electron chi connectivity index (χ2n) is 4.11. The minimum Gasteiger partial charge on any atom is -0.383 e. The molecule has 18 heavy (non-hydrogen) atoms. The van der Waals surface area contributed by atoms with Gasteiger partial charge in [-0.2, -0.15) is 0 Å². The van der Waals surface area contributed by atoms with E-state index in [1.54, 1.807) is 0 Å². The molecule has 0 spiro atoms. The third-order valence-electron chi connectivity index (χ3n) is 2.73. The van der Waals surface area contributed by atoms with Gasteiger partial charge < -0.3 is 5.73 Å². The van der Waals surface area contributed by atoms with Gasteiger partial charge in [0, 0.05) is 10.0 Å². The first-order valence-corrected chi connectivity index (χ1v) is 6.60. The van der Waals surface area contributed by atoms with Crippen LogP contribution in [0.25, 0.3) is 0 Å². The molecule has 0 fully saturated rings. The summed E-state index contributed by atoms with van der Waals surface area (Å²) in [5.74, 6) is 0.572. The van der Waals surface area contributed by atoms with Crippen molar-refractivity contribution in [2.75, 3.05) is 0 Å². The molecule has 2 aromatic rings. The van der Waals surface area contributed by atoms with Crippen molar-refractivity contribution in [1.82, 2.24) is 0 Å². The van der Waals surface area contributed by atoms with Crippen LogP contribution in [0.3, 0.4) is 0 Å². The number of hydrogen-bond acceptors (Lipinski definition) is 1. The molecule has 3 heteroatoms. The van der Waals surface area contributed by atoms with E-state index in [4.69, 9.17) is 5.73 Å². The molecule has 2 nitrogen and oxygen atoms in total. The Morgan fingerprint density at radius 1 is 1.11 bits per heavy atom. The van der Waals surface area contributed by atoms with E-state index in [2.05, 4.69) is 33.1 Å². The highest BCUT2D eigenvalue weighted by molar-refractivity contribution is 9.10. The van der Waals surface area contributed by atoms with Gasteiger partial charge in [-0.05, 0) is 24.6 Å². The lowest BCUT2D eigenvalue weighted by Gasteiger charge is -2.09. The molecule has 0 aliphatic heterocycles. The van der Waals surface area contributed by atoms with Crippen LogP contribution in [0.15, 0.2) is 64.1 Å². The second-order valence-corrected chi connectivity index (χ2v) is 5.03. The third-order valence-corrected chi connectivity index (χ3v) is 3.23. The summed E-state index contributed by atoms with van der Waals surface area (Å²) in [5, 5.41) is 0. The number of amidine groups is 1. The van der Waals surface area contributed by atoms with E-state index in [1.807, 2.05) is 49.4 Å². The van der Waals surface area contributed by atoms with Gasteiger partial charge in [0.05, 0.1) is 6.04 Å². The van der Waals surface area contributed by atoms with Crippen molar-refractivity contribution in [2.24, 2.45) is 10.7 Å². The van der Waals surface area contributed by atoms with Gasteiger partial charge in [0.2, 0.25) is 0 Å². The molecule has 2 rings (SSSR count). The van der Waals surface area contributed by atoms with Crippen molar-refractivity contribution in [1.29, 1.82) is 0 Å². The molecule has 0 aliphatic carbocycles. The molecular formula is C15H15BrN2. The molecule has 0 radical (unpaired) electrons. The number of rotatable bonds is 3. The van der Waals surface area contributed by atoms with E-state index in [9.17, 15) is 0 Å². The first-order valence-electron chi connectivity index (χ1n) is 5.81. The Morgan fingerprint density at radius 3 is 2.50 bits per heavy atom. The zero-order valence-electron chi connectivity index (χ0n) is 10.2. The second kappa shape index (κ2) is 5.83. The number of hydrogen-bond donors (Lipinski definition) is 1. The zero-order valence-corrected chi connectivity index (χ0v) is 11.8. The summed E-state index contributed by atoms with van der Waals surface area (Å²) in [7, 11) is 0. The molecule has 0 bridgehead atoms. The van der Waals surface area contributed by atoms with Gasteiger partial charge >= 0.3 is 0 Å². The Hall–Kier alpha value is -1.61. The first-order chi connectivity index (χ1) is 8.66. The zero-order chi connectivity index (χ0) is 13.0. The summed E-state index contributed by atoms with van der Waals surface area (Å²) >= 11 is 3.46. The van der Waals surface area contributed by atoms with Crippen LogP contribution in [-0.4, -0.2) is 5.84 Å². The number of nitrogens with two attached hydrogens (primary N) is 1. The van der Waals surface area contributed by atoms with Crippen LogP contribution in [0.4, 0.5) is 0 Å². The Kier molecular flexibility index (Phi) is 4.15. The van der Waals surface area contributed by atoms with E-state index in [1.165, 1.54) is 0 Å². The molecule has 0 aliphatic rings. The maximum Gasteiger partial charge on any atom is 0.126 e. The monoisotopic (exact) mass is 302 g/mol. The maximum absolute atomic E-state index is 6.01. The minimum absolute atomic E-state index is 0.0442. The van der Waals surface area contributed by atoms with Gasteiger partial charge in [-0.1, -0.05) is 58.4 Å². The van der Waals surface area contributed by atoms with Crippen LogP contribution >= 0.6 is 15.9 Å². The standard InChI is InChI=1S/C15H15BrN2/c1-11(13-8-5-9-14(16)10-13)18-15(17)12-6-3-2-4-7-12/h2-11H,1H3,(H2,17,18). The van der Waals surface area contributed by atoms with Gasteiger partial charge in [-0.25, -0.2) is 0 Å². The molecule has 1 unspecified atom stereocenters. The topological polar surface area (TPSA) is 38.4 Å². The van der Waals surface area contributed by atoms with Crippen molar-refractivity contribution in [3.05, 3.63) is 70.2 Å². The fraction of sp³-hybridized carbons (Fsp3) is 0.133. The van der Waals surface area contributed by atoms with Gasteiger partial charge in [-0.15, -0.1) is 0 Å². The molecule has 2 aromatic carbocycles. The molecule has 1 atom stereocenters. The molecule has 0 saturated heterocycles. The van der Waals surface area contributed by atoms with Gasteiger partial charge in [0.15, 0.2) is 0 Å². The molecule has 2 N–H and O–H groups in total. The lowest BCUT2D eigenvalue weighted by Crippen LogP contribution is -2.14. The summed E-state index contributed by atoms with van der Waals surface area (Å²) in [6.07, 6.45) is 0. The lowest BCUT2D eigenvalue weighted by molar-refractivity contribution is 0.818. The lowest BCUT2D eigenvalue weighted by atomic mass is 10.1. The average molecular weight is 303 g/mol. The Bertz CT molecular complexity index is 549. The number of halogens is 1. The van der Waals surface area contributed by atoms with E-state index in [0.29, 0.717) is 5.84 Å². The highest BCUT2D eigenvalue weighted by Gasteiger charge is 2.05. The van der Waals surface area contributed by atoms with E-state index >= 15 is 0 Å². The summed E-state index contributed by atoms with van der Waals surface area (Å²) in [4.78, 5) is 4.53. The molecule has 92 valence electrons. The van der Waals surface area contributed by atoms with E-state index in [0.717, 1.165) is 15.6 Å². The third kappa shape index (κ3) is 3.20.